The number of aromatic hydroxyl groups is 1. The van der Waals surface area contributed by atoms with Crippen LogP contribution in [-0.4, -0.2) is 30.4 Å². The monoisotopic (exact) mass is 274 g/mol. The molecule has 0 amide bonds. The van der Waals surface area contributed by atoms with Gasteiger partial charge in [-0.1, -0.05) is 12.1 Å². The third-order valence-corrected chi connectivity index (χ3v) is 2.94. The first-order chi connectivity index (χ1) is 9.56. The molecule has 104 valence electrons. The van der Waals surface area contributed by atoms with Gasteiger partial charge in [0, 0.05) is 0 Å². The van der Waals surface area contributed by atoms with E-state index in [0.717, 1.165) is 5.56 Å². The fourth-order valence-electron chi connectivity index (χ4n) is 1.90. The Bertz CT molecular complexity index is 649. The topological polar surface area (TPSA) is 76.0 Å². The Labute approximate surface area is 116 Å². The van der Waals surface area contributed by atoms with Crippen LogP contribution in [0.2, 0.25) is 0 Å². The summed E-state index contributed by atoms with van der Waals surface area (Å²) in [5.41, 5.74) is 1.29. The first kappa shape index (κ1) is 13.7. The first-order valence-corrected chi connectivity index (χ1v) is 5.85. The van der Waals surface area contributed by atoms with Gasteiger partial charge in [-0.25, -0.2) is 4.79 Å². The average Bonchev–Trinajstić information content (AvgIpc) is 2.46. The third kappa shape index (κ3) is 2.51. The van der Waals surface area contributed by atoms with Crippen LogP contribution in [0.4, 0.5) is 0 Å². The number of phenols is 1. The molecule has 0 spiro atoms. The summed E-state index contributed by atoms with van der Waals surface area (Å²) < 4.78 is 10.4. The van der Waals surface area contributed by atoms with E-state index in [9.17, 15) is 9.90 Å². The van der Waals surface area contributed by atoms with Crippen LogP contribution in [-0.2, 0) is 0 Å². The van der Waals surface area contributed by atoms with E-state index in [1.54, 1.807) is 31.4 Å². The van der Waals surface area contributed by atoms with Crippen molar-refractivity contribution in [3.63, 3.8) is 0 Å². The van der Waals surface area contributed by atoms with Crippen LogP contribution in [0.3, 0.4) is 0 Å². The summed E-state index contributed by atoms with van der Waals surface area (Å²) in [6, 6.07) is 9.69. The number of carbonyl (C=O) groups is 1. The van der Waals surface area contributed by atoms with Gasteiger partial charge in [0.15, 0.2) is 11.5 Å². The van der Waals surface area contributed by atoms with Crippen molar-refractivity contribution in [1.82, 2.24) is 0 Å². The van der Waals surface area contributed by atoms with E-state index in [0.29, 0.717) is 17.1 Å². The number of hydrogen-bond donors (Lipinski definition) is 2. The zero-order valence-corrected chi connectivity index (χ0v) is 11.1. The Morgan fingerprint density at radius 2 is 1.55 bits per heavy atom. The van der Waals surface area contributed by atoms with E-state index < -0.39 is 5.97 Å². The molecule has 2 aromatic rings. The lowest BCUT2D eigenvalue weighted by Gasteiger charge is -2.10. The minimum atomic E-state index is -1.18. The molecule has 0 aliphatic heterocycles. The van der Waals surface area contributed by atoms with Crippen LogP contribution in [0.5, 0.6) is 17.2 Å². The molecule has 5 heteroatoms. The standard InChI is InChI=1S/C15H14O5/c1-19-13-6-4-10(8-14(13)20-2)9-3-5-12(16)11(7-9)15(17)18/h3-8,16H,1-2H3,(H,17,18). The van der Waals surface area contributed by atoms with Gasteiger partial charge in [0.05, 0.1) is 14.2 Å². The van der Waals surface area contributed by atoms with Crippen molar-refractivity contribution in [2.75, 3.05) is 14.2 Å². The molecule has 0 saturated carbocycles. The minimum absolute atomic E-state index is 0.141. The normalized spacial score (nSPS) is 10.1. The summed E-state index contributed by atoms with van der Waals surface area (Å²) in [7, 11) is 3.07. The maximum Gasteiger partial charge on any atom is 0.339 e. The van der Waals surface area contributed by atoms with Crippen LogP contribution in [0, 0.1) is 0 Å². The van der Waals surface area contributed by atoms with E-state index >= 15 is 0 Å². The van der Waals surface area contributed by atoms with Gasteiger partial charge in [0.1, 0.15) is 11.3 Å². The van der Waals surface area contributed by atoms with Crippen LogP contribution in [0.15, 0.2) is 36.4 Å². The molecule has 2 rings (SSSR count). The van der Waals surface area contributed by atoms with Crippen LogP contribution in [0.1, 0.15) is 10.4 Å². The number of ether oxygens (including phenoxy) is 2. The predicted molar refractivity (Wildman–Crippen MR) is 73.6 cm³/mol. The quantitative estimate of drug-likeness (QED) is 0.896. The van der Waals surface area contributed by atoms with Gasteiger partial charge < -0.3 is 19.7 Å². The second-order valence-electron chi connectivity index (χ2n) is 4.11. The maximum absolute atomic E-state index is 11.0. The zero-order valence-electron chi connectivity index (χ0n) is 11.1. The summed E-state index contributed by atoms with van der Waals surface area (Å²) in [6.45, 7) is 0. The number of hydrogen-bond acceptors (Lipinski definition) is 4. The molecule has 2 aromatic carbocycles. The lowest BCUT2D eigenvalue weighted by molar-refractivity contribution is 0.0694. The van der Waals surface area contributed by atoms with Crippen molar-refractivity contribution in [2.24, 2.45) is 0 Å². The maximum atomic E-state index is 11.0. The van der Waals surface area contributed by atoms with E-state index in [2.05, 4.69) is 0 Å². The third-order valence-electron chi connectivity index (χ3n) is 2.94. The summed E-state index contributed by atoms with van der Waals surface area (Å²) in [6.07, 6.45) is 0. The van der Waals surface area contributed by atoms with Gasteiger partial charge in [0.2, 0.25) is 0 Å². The Kier molecular flexibility index (Phi) is 3.79. The summed E-state index contributed by atoms with van der Waals surface area (Å²) in [5, 5.41) is 18.5. The lowest BCUT2D eigenvalue weighted by Crippen LogP contribution is -1.97. The van der Waals surface area contributed by atoms with Gasteiger partial charge in [-0.2, -0.15) is 0 Å². The van der Waals surface area contributed by atoms with Crippen LogP contribution < -0.4 is 9.47 Å². The molecule has 0 unspecified atom stereocenters. The summed E-state index contributed by atoms with van der Waals surface area (Å²) >= 11 is 0. The fraction of sp³-hybridized carbons (Fsp3) is 0.133. The molecule has 0 bridgehead atoms. The number of carboxylic acid groups (broad SMARTS) is 1. The van der Waals surface area contributed by atoms with E-state index in [1.165, 1.54) is 19.2 Å². The molecule has 0 aromatic heterocycles. The van der Waals surface area contributed by atoms with Crippen molar-refractivity contribution in [3.8, 4) is 28.4 Å². The highest BCUT2D eigenvalue weighted by molar-refractivity contribution is 5.92. The molecule has 0 heterocycles. The van der Waals surface area contributed by atoms with Crippen LogP contribution >= 0.6 is 0 Å². The lowest BCUT2D eigenvalue weighted by atomic mass is 10.0. The number of aromatic carboxylic acids is 1. The van der Waals surface area contributed by atoms with Crippen molar-refractivity contribution in [2.45, 2.75) is 0 Å². The molecule has 2 N–H and O–H groups in total. The molecule has 20 heavy (non-hydrogen) atoms. The highest BCUT2D eigenvalue weighted by atomic mass is 16.5. The second kappa shape index (κ2) is 5.52. The number of carboxylic acids is 1. The van der Waals surface area contributed by atoms with Crippen molar-refractivity contribution in [3.05, 3.63) is 42.0 Å². The van der Waals surface area contributed by atoms with Gasteiger partial charge >= 0.3 is 5.97 Å². The molecular weight excluding hydrogens is 260 g/mol. The largest absolute Gasteiger partial charge is 0.507 e. The van der Waals surface area contributed by atoms with E-state index in [4.69, 9.17) is 14.6 Å². The van der Waals surface area contributed by atoms with Gasteiger partial charge in [-0.05, 0) is 35.4 Å². The highest BCUT2D eigenvalue weighted by Crippen LogP contribution is 2.33. The highest BCUT2D eigenvalue weighted by Gasteiger charge is 2.12. The molecular formula is C15H14O5. The molecule has 0 atom stereocenters. The van der Waals surface area contributed by atoms with Crippen LogP contribution in [0.25, 0.3) is 11.1 Å². The van der Waals surface area contributed by atoms with Crippen molar-refractivity contribution >= 4 is 5.97 Å². The smallest absolute Gasteiger partial charge is 0.339 e. The number of benzene rings is 2. The molecule has 0 fully saturated rings. The summed E-state index contributed by atoms with van der Waals surface area (Å²) in [5.74, 6) is -0.296. The average molecular weight is 274 g/mol. The van der Waals surface area contributed by atoms with E-state index in [1.807, 2.05) is 0 Å². The molecule has 0 aliphatic rings. The number of methoxy groups -OCH3 is 2. The Hall–Kier alpha value is -2.69. The first-order valence-electron chi connectivity index (χ1n) is 5.85. The Morgan fingerprint density at radius 1 is 0.950 bits per heavy atom. The SMILES string of the molecule is COc1ccc(-c2ccc(O)c(C(=O)O)c2)cc1OC. The molecule has 5 nitrogen and oxygen atoms in total. The molecule has 0 aliphatic carbocycles. The second-order valence-corrected chi connectivity index (χ2v) is 4.11. The van der Waals surface area contributed by atoms with Gasteiger partial charge in [0.25, 0.3) is 0 Å². The predicted octanol–water partition coefficient (Wildman–Crippen LogP) is 2.77. The molecule has 0 radical (unpaired) electrons. The minimum Gasteiger partial charge on any atom is -0.507 e. The van der Waals surface area contributed by atoms with Gasteiger partial charge in [-0.15, -0.1) is 0 Å². The molecule has 0 saturated heterocycles. The van der Waals surface area contributed by atoms with Gasteiger partial charge in [-0.3, -0.25) is 0 Å². The zero-order chi connectivity index (χ0) is 14.7. The Balaban J connectivity index is 2.51. The fourth-order valence-corrected chi connectivity index (χ4v) is 1.90. The Morgan fingerprint density at radius 3 is 2.15 bits per heavy atom. The number of rotatable bonds is 4. The summed E-state index contributed by atoms with van der Waals surface area (Å²) in [4.78, 5) is 11.0. The van der Waals surface area contributed by atoms with Crippen molar-refractivity contribution < 1.29 is 24.5 Å². The van der Waals surface area contributed by atoms with Crippen molar-refractivity contribution in [1.29, 1.82) is 0 Å². The van der Waals surface area contributed by atoms with E-state index in [-0.39, 0.29) is 11.3 Å².